The van der Waals surface area contributed by atoms with E-state index in [0.29, 0.717) is 10.8 Å². The van der Waals surface area contributed by atoms with Gasteiger partial charge in [-0.1, -0.05) is 32.4 Å². The number of nitrogens with zero attached hydrogens (tertiary/aromatic N) is 3. The maximum Gasteiger partial charge on any atom is 0.212 e. The summed E-state index contributed by atoms with van der Waals surface area (Å²) in [4.78, 5) is 4.16. The van der Waals surface area contributed by atoms with Crippen molar-refractivity contribution in [3.63, 3.8) is 0 Å². The van der Waals surface area contributed by atoms with Crippen molar-refractivity contribution < 1.29 is 0 Å². The first-order valence-electron chi connectivity index (χ1n) is 4.85. The number of nitrogen functional groups attached to an aromatic ring is 1. The molecule has 0 amide bonds. The van der Waals surface area contributed by atoms with Gasteiger partial charge in [-0.25, -0.2) is 4.98 Å². The molecule has 16 heavy (non-hydrogen) atoms. The highest BCUT2D eigenvalue weighted by atomic mass is 35.5. The average Bonchev–Trinajstić information content (AvgIpc) is 2.75. The number of hydrogen-bond acceptors (Lipinski definition) is 4. The smallest absolute Gasteiger partial charge is 0.212 e. The molecule has 0 fully saturated rings. The van der Waals surface area contributed by atoms with Gasteiger partial charge in [-0.3, -0.25) is 0 Å². The summed E-state index contributed by atoms with van der Waals surface area (Å²) in [6.07, 6.45) is 1.71. The molecule has 0 saturated carbocycles. The fourth-order valence-electron chi connectivity index (χ4n) is 1.36. The fraction of sp³-hybridized carbons (Fsp3) is 0.400. The number of rotatable bonds is 1. The molecular formula is C10H13ClN4S. The van der Waals surface area contributed by atoms with Gasteiger partial charge >= 0.3 is 0 Å². The van der Waals surface area contributed by atoms with Gasteiger partial charge in [0.25, 0.3) is 0 Å². The normalized spacial score (nSPS) is 12.0. The summed E-state index contributed by atoms with van der Waals surface area (Å²) < 4.78 is 1.59. The largest absolute Gasteiger partial charge is 0.382 e. The Morgan fingerprint density at radius 1 is 1.44 bits per heavy atom. The number of anilines is 1. The predicted molar refractivity (Wildman–Crippen MR) is 67.4 cm³/mol. The first-order valence-corrected chi connectivity index (χ1v) is 6.11. The Balaban J connectivity index is 2.59. The summed E-state index contributed by atoms with van der Waals surface area (Å²) in [5.74, 6) is 0.446. The zero-order valence-electron chi connectivity index (χ0n) is 9.36. The van der Waals surface area contributed by atoms with Gasteiger partial charge in [-0.05, 0) is 0 Å². The Morgan fingerprint density at radius 2 is 2.12 bits per heavy atom. The summed E-state index contributed by atoms with van der Waals surface area (Å²) in [6.45, 7) is 6.15. The lowest BCUT2D eigenvalue weighted by Gasteiger charge is -2.14. The van der Waals surface area contributed by atoms with Gasteiger partial charge in [-0.2, -0.15) is 9.78 Å². The van der Waals surface area contributed by atoms with Gasteiger partial charge in [0.05, 0.1) is 5.69 Å². The van der Waals surface area contributed by atoms with E-state index < -0.39 is 0 Å². The Morgan fingerprint density at radius 3 is 2.56 bits per heavy atom. The molecule has 6 heteroatoms. The number of hydrogen-bond donors (Lipinski definition) is 1. The minimum atomic E-state index is -0.131. The molecule has 0 aliphatic carbocycles. The molecule has 0 aliphatic rings. The Kier molecular flexibility index (Phi) is 2.67. The number of halogens is 1. The highest BCUT2D eigenvalue weighted by molar-refractivity contribution is 7.12. The minimum absolute atomic E-state index is 0.131. The third-order valence-corrected chi connectivity index (χ3v) is 3.29. The lowest BCUT2D eigenvalue weighted by molar-refractivity contribution is 0.560. The average molecular weight is 257 g/mol. The molecule has 2 heterocycles. The molecule has 2 aromatic heterocycles. The van der Waals surface area contributed by atoms with E-state index in [4.69, 9.17) is 17.3 Å². The minimum Gasteiger partial charge on any atom is -0.382 e. The molecule has 0 aliphatic heterocycles. The van der Waals surface area contributed by atoms with Crippen molar-refractivity contribution in [1.82, 2.24) is 14.8 Å². The topological polar surface area (TPSA) is 56.7 Å². The predicted octanol–water partition coefficient (Wildman–Crippen LogP) is 2.86. The molecule has 0 aromatic carbocycles. The molecule has 4 nitrogen and oxygen atoms in total. The fourth-order valence-corrected chi connectivity index (χ4v) is 2.36. The van der Waals surface area contributed by atoms with Gasteiger partial charge in [-0.15, -0.1) is 11.3 Å². The highest BCUT2D eigenvalue weighted by Gasteiger charge is 2.25. The SMILES string of the molecule is CC(C)(C)c1nn(-c2nccs2)c(N)c1Cl. The van der Waals surface area contributed by atoms with Crippen LogP contribution in [0.15, 0.2) is 11.6 Å². The van der Waals surface area contributed by atoms with Crippen LogP contribution in [0.5, 0.6) is 0 Å². The van der Waals surface area contributed by atoms with E-state index in [1.165, 1.54) is 11.3 Å². The number of nitrogens with two attached hydrogens (primary N) is 1. The first kappa shape index (κ1) is 11.4. The second-order valence-electron chi connectivity index (χ2n) is 4.52. The Hall–Kier alpha value is -1.07. The van der Waals surface area contributed by atoms with Crippen molar-refractivity contribution >= 4 is 28.8 Å². The van der Waals surface area contributed by atoms with E-state index in [1.54, 1.807) is 10.9 Å². The third-order valence-electron chi connectivity index (χ3n) is 2.17. The van der Waals surface area contributed by atoms with Crippen LogP contribution in [0.1, 0.15) is 26.5 Å². The van der Waals surface area contributed by atoms with Crippen molar-refractivity contribution in [3.8, 4) is 5.13 Å². The van der Waals surface area contributed by atoms with E-state index in [2.05, 4.69) is 10.1 Å². The lowest BCUT2D eigenvalue weighted by Crippen LogP contribution is -2.13. The van der Waals surface area contributed by atoms with Crippen LogP contribution in [0.2, 0.25) is 5.02 Å². The molecule has 0 bridgehead atoms. The molecule has 0 atom stereocenters. The second-order valence-corrected chi connectivity index (χ2v) is 5.78. The molecule has 0 spiro atoms. The van der Waals surface area contributed by atoms with Gasteiger partial charge in [0.15, 0.2) is 0 Å². The summed E-state index contributed by atoms with van der Waals surface area (Å²) >= 11 is 7.66. The van der Waals surface area contributed by atoms with Crippen LogP contribution in [0, 0.1) is 0 Å². The molecule has 0 saturated heterocycles. The van der Waals surface area contributed by atoms with Crippen molar-refractivity contribution in [2.45, 2.75) is 26.2 Å². The van der Waals surface area contributed by atoms with Crippen LogP contribution >= 0.6 is 22.9 Å². The number of aromatic nitrogens is 3. The number of thiazole rings is 1. The van der Waals surface area contributed by atoms with E-state index in [9.17, 15) is 0 Å². The zero-order valence-corrected chi connectivity index (χ0v) is 10.9. The standard InChI is InChI=1S/C10H13ClN4S/c1-10(2,3)7-6(11)8(12)15(14-7)9-13-4-5-16-9/h4-5H,12H2,1-3H3. The lowest BCUT2D eigenvalue weighted by atomic mass is 9.92. The van der Waals surface area contributed by atoms with Crippen molar-refractivity contribution in [2.24, 2.45) is 0 Å². The van der Waals surface area contributed by atoms with E-state index >= 15 is 0 Å². The van der Waals surface area contributed by atoms with Crippen LogP contribution < -0.4 is 5.73 Å². The van der Waals surface area contributed by atoms with Crippen LogP contribution in [-0.2, 0) is 5.41 Å². The van der Waals surface area contributed by atoms with E-state index in [-0.39, 0.29) is 5.41 Å². The maximum atomic E-state index is 6.18. The van der Waals surface area contributed by atoms with E-state index in [1.807, 2.05) is 26.2 Å². The maximum absolute atomic E-state index is 6.18. The van der Waals surface area contributed by atoms with Gasteiger partial charge in [0.1, 0.15) is 10.8 Å². The summed E-state index contributed by atoms with van der Waals surface area (Å²) in [5, 5.41) is 7.55. The molecule has 0 radical (unpaired) electrons. The molecule has 2 N–H and O–H groups in total. The van der Waals surface area contributed by atoms with Crippen molar-refractivity contribution in [1.29, 1.82) is 0 Å². The molecule has 86 valence electrons. The second kappa shape index (κ2) is 3.75. The van der Waals surface area contributed by atoms with Gasteiger partial charge in [0, 0.05) is 17.0 Å². The van der Waals surface area contributed by atoms with Crippen LogP contribution in [-0.4, -0.2) is 14.8 Å². The van der Waals surface area contributed by atoms with Gasteiger partial charge < -0.3 is 5.73 Å². The van der Waals surface area contributed by atoms with Crippen molar-refractivity contribution in [2.75, 3.05) is 5.73 Å². The monoisotopic (exact) mass is 256 g/mol. The molecule has 0 unspecified atom stereocenters. The summed E-state index contributed by atoms with van der Waals surface area (Å²) in [6, 6.07) is 0. The highest BCUT2D eigenvalue weighted by Crippen LogP contribution is 2.34. The van der Waals surface area contributed by atoms with Crippen LogP contribution in [0.25, 0.3) is 5.13 Å². The van der Waals surface area contributed by atoms with Gasteiger partial charge in [0.2, 0.25) is 5.13 Å². The Bertz CT molecular complexity index is 496. The third kappa shape index (κ3) is 1.81. The summed E-state index contributed by atoms with van der Waals surface area (Å²) in [7, 11) is 0. The zero-order chi connectivity index (χ0) is 11.9. The molecule has 2 rings (SSSR count). The van der Waals surface area contributed by atoms with Crippen LogP contribution in [0.3, 0.4) is 0 Å². The van der Waals surface area contributed by atoms with E-state index in [0.717, 1.165) is 10.8 Å². The first-order chi connectivity index (χ1) is 7.41. The Labute approximate surface area is 103 Å². The van der Waals surface area contributed by atoms with Crippen LogP contribution in [0.4, 0.5) is 5.82 Å². The quantitative estimate of drug-likeness (QED) is 0.854. The molecule has 2 aromatic rings. The molecular weight excluding hydrogens is 244 g/mol. The van der Waals surface area contributed by atoms with Crippen molar-refractivity contribution in [3.05, 3.63) is 22.3 Å². The summed E-state index contributed by atoms with van der Waals surface area (Å²) in [5.41, 5.74) is 6.59.